The van der Waals surface area contributed by atoms with Gasteiger partial charge in [0.2, 0.25) is 11.8 Å². The lowest BCUT2D eigenvalue weighted by Crippen LogP contribution is -2.33. The van der Waals surface area contributed by atoms with Gasteiger partial charge in [-0.2, -0.15) is 0 Å². The minimum Gasteiger partial charge on any atom is -0.462 e. The largest absolute Gasteiger partial charge is 0.462 e. The Kier molecular flexibility index (Phi) is 5.81. The van der Waals surface area contributed by atoms with E-state index in [1.165, 1.54) is 17.0 Å². The third-order valence-electron chi connectivity index (χ3n) is 7.53. The van der Waals surface area contributed by atoms with Gasteiger partial charge in [-0.3, -0.25) is 9.59 Å². The molecule has 1 saturated carbocycles. The van der Waals surface area contributed by atoms with Crippen molar-refractivity contribution in [2.45, 2.75) is 6.92 Å². The van der Waals surface area contributed by atoms with Gasteiger partial charge in [0.05, 0.1) is 34.7 Å². The Labute approximate surface area is 220 Å². The number of fused-ring (bicyclic) bond motifs is 5. The summed E-state index contributed by atoms with van der Waals surface area (Å²) in [6.07, 6.45) is 4.15. The summed E-state index contributed by atoms with van der Waals surface area (Å²) in [7, 11) is 0. The number of hydrogen-bond acceptors (Lipinski definition) is 4. The van der Waals surface area contributed by atoms with Crippen molar-refractivity contribution in [2.24, 2.45) is 23.7 Å². The van der Waals surface area contributed by atoms with Crippen molar-refractivity contribution in [1.82, 2.24) is 0 Å². The van der Waals surface area contributed by atoms with Crippen molar-refractivity contribution in [1.29, 1.82) is 0 Å². The van der Waals surface area contributed by atoms with Crippen molar-refractivity contribution in [3.8, 4) is 0 Å². The summed E-state index contributed by atoms with van der Waals surface area (Å²) >= 11 is 6.22. The van der Waals surface area contributed by atoms with Gasteiger partial charge in [0.1, 0.15) is 0 Å². The molecule has 5 nitrogen and oxygen atoms in total. The Morgan fingerprint density at radius 1 is 0.838 bits per heavy atom. The molecule has 2 bridgehead atoms. The van der Waals surface area contributed by atoms with Crippen molar-refractivity contribution in [2.75, 3.05) is 11.5 Å². The summed E-state index contributed by atoms with van der Waals surface area (Å²) in [5, 5.41) is 0.212. The molecule has 3 aromatic rings. The summed E-state index contributed by atoms with van der Waals surface area (Å²) in [6, 6.07) is 24.9. The highest BCUT2D eigenvalue weighted by Crippen LogP contribution is 2.58. The molecular weight excluding hydrogens is 486 g/mol. The van der Waals surface area contributed by atoms with Gasteiger partial charge in [0.15, 0.2) is 0 Å². The fraction of sp³-hybridized carbons (Fsp3) is 0.194. The Morgan fingerprint density at radius 3 is 1.89 bits per heavy atom. The summed E-state index contributed by atoms with van der Waals surface area (Å²) in [6.45, 7) is 1.90. The molecule has 0 N–H and O–H groups in total. The van der Waals surface area contributed by atoms with E-state index in [0.717, 1.165) is 22.3 Å². The van der Waals surface area contributed by atoms with Crippen LogP contribution in [0, 0.1) is 23.7 Å². The average molecular weight is 510 g/mol. The number of hydrogen-bond donors (Lipinski definition) is 0. The Balaban J connectivity index is 1.43. The van der Waals surface area contributed by atoms with Gasteiger partial charge in [0, 0.05) is 11.8 Å². The number of nitrogens with zero attached hydrogens (tertiary/aromatic N) is 1. The highest BCUT2D eigenvalue weighted by atomic mass is 35.5. The lowest BCUT2D eigenvalue weighted by Gasteiger charge is -2.22. The van der Waals surface area contributed by atoms with Gasteiger partial charge in [-0.05, 0) is 47.4 Å². The number of carbonyl (C=O) groups is 3. The lowest BCUT2D eigenvalue weighted by atomic mass is 9.85. The molecule has 3 aliphatic rings. The number of halogens is 1. The molecular formula is C31H24ClNO4. The van der Waals surface area contributed by atoms with E-state index in [2.05, 4.69) is 36.4 Å². The average Bonchev–Trinajstić information content (AvgIpc) is 3.55. The van der Waals surface area contributed by atoms with E-state index in [-0.39, 0.29) is 40.8 Å². The Morgan fingerprint density at radius 2 is 1.38 bits per heavy atom. The molecule has 2 aliphatic carbocycles. The maximum atomic E-state index is 13.8. The number of anilines is 1. The molecule has 2 fully saturated rings. The van der Waals surface area contributed by atoms with Crippen molar-refractivity contribution in [3.63, 3.8) is 0 Å². The van der Waals surface area contributed by atoms with Crippen LogP contribution in [-0.2, 0) is 14.3 Å². The molecule has 6 heteroatoms. The number of allylic oxidation sites excluding steroid dienone is 3. The first-order valence-electron chi connectivity index (χ1n) is 12.4. The number of carbonyl (C=O) groups excluding carboxylic acids is 3. The molecule has 4 atom stereocenters. The van der Waals surface area contributed by atoms with Crippen LogP contribution in [0.1, 0.15) is 28.4 Å². The van der Waals surface area contributed by atoms with E-state index in [9.17, 15) is 14.4 Å². The zero-order valence-corrected chi connectivity index (χ0v) is 20.9. The molecule has 184 valence electrons. The molecule has 0 unspecified atom stereocenters. The highest BCUT2D eigenvalue weighted by molar-refractivity contribution is 6.34. The van der Waals surface area contributed by atoms with Crippen LogP contribution in [0.3, 0.4) is 0 Å². The Hall–Kier alpha value is -3.96. The topological polar surface area (TPSA) is 63.7 Å². The van der Waals surface area contributed by atoms with Crippen molar-refractivity contribution < 1.29 is 19.1 Å². The molecule has 0 spiro atoms. The summed E-state index contributed by atoms with van der Waals surface area (Å²) in [4.78, 5) is 41.2. The second kappa shape index (κ2) is 9.16. The standard InChI is InChI=1S/C31H24ClNO4/c1-2-37-31(36)23-17-20(13-16-24(23)32)33-29(34)27-21-14-15-22(28(27)30(33)35)26(21)25(18-9-5-3-6-10-18)19-11-7-4-8-12-19/h3-17,21-22,27-28H,2H2,1H3/t21-,22-,27-,28-/m0/s1. The molecule has 0 aromatic heterocycles. The molecule has 3 aromatic carbocycles. The number of imide groups is 1. The minimum absolute atomic E-state index is 0.135. The lowest BCUT2D eigenvalue weighted by molar-refractivity contribution is -0.122. The third-order valence-corrected chi connectivity index (χ3v) is 7.86. The van der Waals surface area contributed by atoms with Crippen LogP contribution < -0.4 is 4.90 Å². The van der Waals surface area contributed by atoms with Gasteiger partial charge < -0.3 is 4.74 Å². The van der Waals surface area contributed by atoms with Crippen LogP contribution in [-0.4, -0.2) is 24.4 Å². The predicted octanol–water partition coefficient (Wildman–Crippen LogP) is 5.94. The third kappa shape index (κ3) is 3.65. The van der Waals surface area contributed by atoms with Gasteiger partial charge >= 0.3 is 5.97 Å². The normalized spacial score (nSPS) is 23.5. The number of ether oxygens (including phenoxy) is 1. The first-order chi connectivity index (χ1) is 18.0. The van der Waals surface area contributed by atoms with Crippen LogP contribution in [0.2, 0.25) is 5.02 Å². The van der Waals surface area contributed by atoms with E-state index in [1.54, 1.807) is 13.0 Å². The second-order valence-corrected chi connectivity index (χ2v) is 9.85. The number of rotatable bonds is 5. The zero-order chi connectivity index (χ0) is 25.7. The summed E-state index contributed by atoms with van der Waals surface area (Å²) in [5.41, 5.74) is 4.81. The van der Waals surface area contributed by atoms with Crippen LogP contribution in [0.15, 0.2) is 96.6 Å². The predicted molar refractivity (Wildman–Crippen MR) is 142 cm³/mol. The Bertz CT molecular complexity index is 1400. The minimum atomic E-state index is -0.587. The molecule has 1 aliphatic heterocycles. The number of esters is 1. The molecule has 1 saturated heterocycles. The maximum Gasteiger partial charge on any atom is 0.339 e. The molecule has 1 heterocycles. The fourth-order valence-electron chi connectivity index (χ4n) is 6.08. The van der Waals surface area contributed by atoms with E-state index < -0.39 is 17.8 Å². The first-order valence-corrected chi connectivity index (χ1v) is 12.8. The zero-order valence-electron chi connectivity index (χ0n) is 20.1. The van der Waals surface area contributed by atoms with Gasteiger partial charge in [-0.15, -0.1) is 0 Å². The van der Waals surface area contributed by atoms with E-state index in [1.807, 2.05) is 36.4 Å². The highest BCUT2D eigenvalue weighted by Gasteiger charge is 2.62. The summed E-state index contributed by atoms with van der Waals surface area (Å²) < 4.78 is 5.10. The van der Waals surface area contributed by atoms with E-state index >= 15 is 0 Å². The van der Waals surface area contributed by atoms with Crippen LogP contribution in [0.4, 0.5) is 5.69 Å². The second-order valence-electron chi connectivity index (χ2n) is 9.45. The molecule has 2 amide bonds. The molecule has 37 heavy (non-hydrogen) atoms. The quantitative estimate of drug-likeness (QED) is 0.242. The first kappa shape index (κ1) is 23.4. The van der Waals surface area contributed by atoms with Gasteiger partial charge in [0.25, 0.3) is 0 Å². The van der Waals surface area contributed by atoms with Crippen molar-refractivity contribution >= 4 is 40.6 Å². The van der Waals surface area contributed by atoms with Crippen molar-refractivity contribution in [3.05, 3.63) is 118 Å². The van der Waals surface area contributed by atoms with Crippen LogP contribution >= 0.6 is 11.6 Å². The fourth-order valence-corrected chi connectivity index (χ4v) is 6.27. The number of amides is 2. The molecule has 0 radical (unpaired) electrons. The monoisotopic (exact) mass is 509 g/mol. The SMILES string of the molecule is CCOC(=O)c1cc(N2C(=O)[C@@H]3[C@@H](C2=O)[C@H]2C=C[C@H]3C2=C(c2ccccc2)c2ccccc2)ccc1Cl. The van der Waals surface area contributed by atoms with Gasteiger partial charge in [-0.1, -0.05) is 84.4 Å². The van der Waals surface area contributed by atoms with Crippen LogP contribution in [0.5, 0.6) is 0 Å². The van der Waals surface area contributed by atoms with E-state index in [0.29, 0.717) is 5.69 Å². The van der Waals surface area contributed by atoms with Gasteiger partial charge in [-0.25, -0.2) is 9.69 Å². The van der Waals surface area contributed by atoms with E-state index in [4.69, 9.17) is 16.3 Å². The maximum absolute atomic E-state index is 13.8. The summed E-state index contributed by atoms with van der Waals surface area (Å²) in [5.74, 6) is -2.41. The van der Waals surface area contributed by atoms with Crippen LogP contribution in [0.25, 0.3) is 5.57 Å². The smallest absolute Gasteiger partial charge is 0.339 e. The number of benzene rings is 3. The molecule has 6 rings (SSSR count).